The van der Waals surface area contributed by atoms with Crippen LogP contribution in [0.2, 0.25) is 0 Å². The van der Waals surface area contributed by atoms with Crippen molar-refractivity contribution in [1.29, 1.82) is 0 Å². The number of carbonyl (C=O) groups is 4. The third-order valence-corrected chi connectivity index (χ3v) is 7.07. The van der Waals surface area contributed by atoms with Crippen molar-refractivity contribution in [3.05, 3.63) is 71.1 Å². The normalized spacial score (nSPS) is 31.9. The van der Waals surface area contributed by atoms with Gasteiger partial charge in [0.1, 0.15) is 11.8 Å². The maximum absolute atomic E-state index is 13.5. The molecule has 2 amide bonds. The standard InChI is InChI=1S/C31H41N3O8/c1-8-12-33-26-21-13-17(2)14-25(41-7)27(36)19(4)15-20(5)29(42-31(32)39)24(40-6)11-9-10-18(3)30(38)34-22(28(21)37)16-23(26)35/h8-12,15-17,19,24-25,27,29,36H,1,13-14H2,2-7H3,(H2,32,39)(H,34,38)/b11-9-,18-10+,20-15+,33-12?/t17-,19+,24+,25+,27-,29+/m1/s1. The minimum Gasteiger partial charge on any atom is -0.439 e. The molecule has 0 saturated carbocycles. The fourth-order valence-electron chi connectivity index (χ4n) is 4.84. The monoisotopic (exact) mass is 583 g/mol. The van der Waals surface area contributed by atoms with Gasteiger partial charge in [0.15, 0.2) is 6.10 Å². The average Bonchev–Trinajstić information content (AvgIpc) is 2.94. The van der Waals surface area contributed by atoms with Crippen LogP contribution in [-0.2, 0) is 28.6 Å². The van der Waals surface area contributed by atoms with Crippen LogP contribution in [0.3, 0.4) is 0 Å². The second-order valence-electron chi connectivity index (χ2n) is 10.4. The molecule has 2 bridgehead atoms. The van der Waals surface area contributed by atoms with E-state index in [1.165, 1.54) is 39.5 Å². The zero-order chi connectivity index (χ0) is 31.6. The zero-order valence-corrected chi connectivity index (χ0v) is 25.0. The number of hydrogen-bond donors (Lipinski definition) is 3. The summed E-state index contributed by atoms with van der Waals surface area (Å²) >= 11 is 0. The number of rotatable bonds is 5. The number of ether oxygens (including phenoxy) is 3. The number of nitrogens with one attached hydrogen (secondary N) is 1. The van der Waals surface area contributed by atoms with Gasteiger partial charge in [-0.3, -0.25) is 19.4 Å². The van der Waals surface area contributed by atoms with Crippen molar-refractivity contribution in [2.24, 2.45) is 22.6 Å². The van der Waals surface area contributed by atoms with Crippen LogP contribution in [0.4, 0.5) is 4.79 Å². The smallest absolute Gasteiger partial charge is 0.405 e. The van der Waals surface area contributed by atoms with Crippen molar-refractivity contribution in [3.63, 3.8) is 0 Å². The summed E-state index contributed by atoms with van der Waals surface area (Å²) in [6.07, 6.45) is 6.26. The third-order valence-electron chi connectivity index (χ3n) is 7.07. The maximum Gasteiger partial charge on any atom is 0.405 e. The molecule has 6 atom stereocenters. The molecule has 0 radical (unpaired) electrons. The van der Waals surface area contributed by atoms with Crippen LogP contribution in [0.1, 0.15) is 40.5 Å². The lowest BCUT2D eigenvalue weighted by Gasteiger charge is -2.29. The van der Waals surface area contributed by atoms with Gasteiger partial charge in [0.05, 0.1) is 17.9 Å². The number of ketones is 2. The SMILES string of the molecule is C=CC=NC1=C2C[C@@H](C)C[C@H](OC)[C@H](O)[C@@H](C)/C=C(\C)[C@H](OC(N)=O)[C@@H](OC)/C=C\C=C(/C)C(=O)NC(=CC1=O)C2=O. The van der Waals surface area contributed by atoms with Gasteiger partial charge in [-0.15, -0.1) is 0 Å². The Balaban J connectivity index is 2.64. The molecular weight excluding hydrogens is 542 g/mol. The zero-order valence-electron chi connectivity index (χ0n) is 25.0. The largest absolute Gasteiger partial charge is 0.439 e. The van der Waals surface area contributed by atoms with E-state index in [4.69, 9.17) is 19.9 Å². The molecule has 0 aromatic heterocycles. The minimum atomic E-state index is -1.01. The molecule has 0 aromatic rings. The first-order chi connectivity index (χ1) is 19.8. The third kappa shape index (κ3) is 9.04. The first-order valence-electron chi connectivity index (χ1n) is 13.6. The lowest BCUT2D eigenvalue weighted by molar-refractivity contribution is -0.120. The first-order valence-corrected chi connectivity index (χ1v) is 13.6. The summed E-state index contributed by atoms with van der Waals surface area (Å²) in [5, 5.41) is 13.7. The Kier molecular flexibility index (Phi) is 13.0. The quantitative estimate of drug-likeness (QED) is 0.252. The maximum atomic E-state index is 13.5. The Labute approximate surface area is 246 Å². The van der Waals surface area contributed by atoms with E-state index in [0.29, 0.717) is 12.0 Å². The van der Waals surface area contributed by atoms with Crippen LogP contribution >= 0.6 is 0 Å². The highest BCUT2D eigenvalue weighted by Gasteiger charge is 2.33. The molecule has 0 aromatic carbocycles. The van der Waals surface area contributed by atoms with Crippen molar-refractivity contribution >= 4 is 29.8 Å². The molecule has 0 spiro atoms. The predicted octanol–water partition coefficient (Wildman–Crippen LogP) is 3.02. The number of Topliss-reactive ketones (excluding diaryl/α,β-unsaturated/α-hetero) is 1. The number of fused-ring (bicyclic) bond motifs is 2. The lowest BCUT2D eigenvalue weighted by Crippen LogP contribution is -2.37. The van der Waals surface area contributed by atoms with E-state index in [1.807, 2.05) is 6.92 Å². The number of aliphatic imine (C=N–C) groups is 1. The Morgan fingerprint density at radius 1 is 1.19 bits per heavy atom. The fraction of sp³-hybridized carbons (Fsp3) is 0.452. The summed E-state index contributed by atoms with van der Waals surface area (Å²) in [4.78, 5) is 55.3. The highest BCUT2D eigenvalue weighted by molar-refractivity contribution is 6.24. The van der Waals surface area contributed by atoms with E-state index >= 15 is 0 Å². The van der Waals surface area contributed by atoms with Crippen LogP contribution < -0.4 is 11.1 Å². The second kappa shape index (κ2) is 15.9. The summed E-state index contributed by atoms with van der Waals surface area (Å²) in [5.74, 6) is -2.35. The van der Waals surface area contributed by atoms with Crippen LogP contribution in [0.15, 0.2) is 76.1 Å². The summed E-state index contributed by atoms with van der Waals surface area (Å²) < 4.78 is 16.5. The molecule has 228 valence electrons. The molecule has 11 nitrogen and oxygen atoms in total. The minimum absolute atomic E-state index is 0.0293. The van der Waals surface area contributed by atoms with Gasteiger partial charge in [0, 0.05) is 43.6 Å². The highest BCUT2D eigenvalue weighted by atomic mass is 16.6. The van der Waals surface area contributed by atoms with Crippen molar-refractivity contribution in [2.75, 3.05) is 14.2 Å². The van der Waals surface area contributed by atoms with Crippen LogP contribution in [0.5, 0.6) is 0 Å². The number of nitrogens with zero attached hydrogens (tertiary/aromatic N) is 1. The molecule has 11 heteroatoms. The van der Waals surface area contributed by atoms with Gasteiger partial charge in [-0.2, -0.15) is 0 Å². The second-order valence-corrected chi connectivity index (χ2v) is 10.4. The summed E-state index contributed by atoms with van der Waals surface area (Å²) in [6.45, 7) is 10.5. The Morgan fingerprint density at radius 3 is 2.48 bits per heavy atom. The predicted molar refractivity (Wildman–Crippen MR) is 158 cm³/mol. The van der Waals surface area contributed by atoms with Crippen LogP contribution in [0, 0.1) is 11.8 Å². The molecule has 2 rings (SSSR count). The Morgan fingerprint density at radius 2 is 1.88 bits per heavy atom. The number of carbonyl (C=O) groups excluding carboxylic acids is 4. The van der Waals surface area contributed by atoms with Crippen LogP contribution in [-0.4, -0.2) is 73.5 Å². The Hall–Kier alpha value is -3.93. The average molecular weight is 584 g/mol. The molecule has 0 unspecified atom stereocenters. The van der Waals surface area contributed by atoms with E-state index in [2.05, 4.69) is 16.9 Å². The van der Waals surface area contributed by atoms with E-state index in [-0.39, 0.29) is 34.9 Å². The van der Waals surface area contributed by atoms with Gasteiger partial charge < -0.3 is 30.4 Å². The molecule has 0 fully saturated rings. The fourth-order valence-corrected chi connectivity index (χ4v) is 4.84. The molecule has 1 aliphatic heterocycles. The molecule has 2 aliphatic rings. The number of aliphatic hydroxyl groups excluding tert-OH is 1. The van der Waals surface area contributed by atoms with Gasteiger partial charge in [0.25, 0.3) is 5.91 Å². The van der Waals surface area contributed by atoms with Gasteiger partial charge in [-0.05, 0) is 38.2 Å². The van der Waals surface area contributed by atoms with E-state index in [0.717, 1.165) is 6.08 Å². The van der Waals surface area contributed by atoms with Crippen molar-refractivity contribution < 1.29 is 38.5 Å². The number of hydrogen-bond acceptors (Lipinski definition) is 9. The summed E-state index contributed by atoms with van der Waals surface area (Å²) in [6, 6.07) is 0. The number of nitrogens with two attached hydrogens (primary N) is 1. The van der Waals surface area contributed by atoms with Crippen LogP contribution in [0.25, 0.3) is 0 Å². The van der Waals surface area contributed by atoms with Crippen molar-refractivity contribution in [2.45, 2.75) is 65.0 Å². The van der Waals surface area contributed by atoms with Crippen molar-refractivity contribution in [3.8, 4) is 0 Å². The Bertz CT molecular complexity index is 1260. The van der Waals surface area contributed by atoms with Gasteiger partial charge in [-0.25, -0.2) is 4.79 Å². The molecule has 1 aliphatic carbocycles. The number of methoxy groups -OCH3 is 2. The first kappa shape index (κ1) is 34.3. The molecular formula is C31H41N3O8. The summed E-state index contributed by atoms with van der Waals surface area (Å²) in [5.41, 5.74) is 6.09. The van der Waals surface area contributed by atoms with Crippen molar-refractivity contribution in [1.82, 2.24) is 5.32 Å². The number of primary amides is 1. The number of aliphatic hydroxyl groups is 1. The summed E-state index contributed by atoms with van der Waals surface area (Å²) in [7, 11) is 2.90. The molecule has 1 heterocycles. The van der Waals surface area contributed by atoms with Gasteiger partial charge in [0.2, 0.25) is 11.6 Å². The topological polar surface area (TPSA) is 167 Å². The highest BCUT2D eigenvalue weighted by Crippen LogP contribution is 2.29. The van der Waals surface area contributed by atoms with E-state index in [1.54, 1.807) is 32.1 Å². The van der Waals surface area contributed by atoms with Gasteiger partial charge in [-0.1, -0.05) is 50.8 Å². The molecule has 4 N–H and O–H groups in total. The molecule has 42 heavy (non-hydrogen) atoms. The van der Waals surface area contributed by atoms with Gasteiger partial charge >= 0.3 is 6.09 Å². The lowest BCUT2D eigenvalue weighted by atomic mass is 9.85. The number of amides is 2. The number of allylic oxidation sites excluding steroid dienone is 5. The molecule has 0 saturated heterocycles. The van der Waals surface area contributed by atoms with E-state index in [9.17, 15) is 24.3 Å². The van der Waals surface area contributed by atoms with E-state index < -0.39 is 53.9 Å².